The van der Waals surface area contributed by atoms with Gasteiger partial charge in [0, 0.05) is 72.3 Å². The fourth-order valence-corrected chi connectivity index (χ4v) is 5.47. The number of carbonyl (C=O) groups is 2. The molecule has 2 aliphatic rings. The van der Waals surface area contributed by atoms with Crippen molar-refractivity contribution in [2.24, 2.45) is 0 Å². The third-order valence-corrected chi connectivity index (χ3v) is 7.28. The average Bonchev–Trinajstić information content (AvgIpc) is 2.98. The first kappa shape index (κ1) is 27.2. The highest BCUT2D eigenvalue weighted by molar-refractivity contribution is 7.99. The zero-order valence-corrected chi connectivity index (χ0v) is 20.6. The lowest BCUT2D eigenvalue weighted by Gasteiger charge is -2.39. The van der Waals surface area contributed by atoms with Crippen LogP contribution in [0.5, 0.6) is 0 Å². The van der Waals surface area contributed by atoms with Gasteiger partial charge < -0.3 is 20.2 Å². The van der Waals surface area contributed by atoms with Gasteiger partial charge in [-0.1, -0.05) is 23.4 Å². The molecular formula is C25H28ClFN2O5S. The smallest absolute Gasteiger partial charge is 0.328 e. The van der Waals surface area contributed by atoms with Gasteiger partial charge in [-0.15, -0.1) is 0 Å². The van der Waals surface area contributed by atoms with Crippen LogP contribution in [0.1, 0.15) is 23.6 Å². The summed E-state index contributed by atoms with van der Waals surface area (Å²) < 4.78 is 14.1. The van der Waals surface area contributed by atoms with Gasteiger partial charge in [-0.25, -0.2) is 14.0 Å². The predicted molar refractivity (Wildman–Crippen MR) is 133 cm³/mol. The minimum Gasteiger partial charge on any atom is -0.478 e. The molecule has 2 heterocycles. The molecule has 4 rings (SSSR count). The van der Waals surface area contributed by atoms with Crippen molar-refractivity contribution in [3.63, 3.8) is 0 Å². The molecule has 1 fully saturated rings. The molecule has 0 spiro atoms. The zero-order chi connectivity index (χ0) is 25.4. The van der Waals surface area contributed by atoms with E-state index in [0.717, 1.165) is 61.0 Å². The molecule has 7 nitrogen and oxygen atoms in total. The van der Waals surface area contributed by atoms with Crippen LogP contribution in [0.15, 0.2) is 58.3 Å². The Bertz CT molecular complexity index is 1060. The predicted octanol–water partition coefficient (Wildman–Crippen LogP) is 3.94. The van der Waals surface area contributed by atoms with Crippen molar-refractivity contribution >= 4 is 35.3 Å². The zero-order valence-electron chi connectivity index (χ0n) is 19.1. The molecule has 0 aromatic heterocycles. The highest BCUT2D eigenvalue weighted by Crippen LogP contribution is 2.43. The Morgan fingerprint density at radius 3 is 2.31 bits per heavy atom. The summed E-state index contributed by atoms with van der Waals surface area (Å²) in [6.07, 6.45) is 2.78. The van der Waals surface area contributed by atoms with Gasteiger partial charge in [0.1, 0.15) is 5.82 Å². The van der Waals surface area contributed by atoms with Gasteiger partial charge in [0.05, 0.1) is 0 Å². The van der Waals surface area contributed by atoms with E-state index in [9.17, 15) is 14.0 Å². The number of rotatable bonds is 6. The average molecular weight is 523 g/mol. The van der Waals surface area contributed by atoms with Crippen molar-refractivity contribution in [1.82, 2.24) is 9.80 Å². The molecule has 0 radical (unpaired) electrons. The molecule has 2 aromatic carbocycles. The number of carboxylic acids is 2. The number of piperazine rings is 1. The molecule has 1 atom stereocenters. The molecule has 0 amide bonds. The third-order valence-electron chi connectivity index (χ3n) is 5.84. The Hall–Kier alpha value is -2.43. The van der Waals surface area contributed by atoms with Gasteiger partial charge in [0.2, 0.25) is 0 Å². The summed E-state index contributed by atoms with van der Waals surface area (Å²) in [5.41, 5.74) is 2.31. The second-order valence-corrected chi connectivity index (χ2v) is 9.74. The summed E-state index contributed by atoms with van der Waals surface area (Å²) in [5.74, 6) is -2.69. The molecule has 0 aliphatic carbocycles. The van der Waals surface area contributed by atoms with Crippen molar-refractivity contribution in [2.75, 3.05) is 39.3 Å². The van der Waals surface area contributed by atoms with Crippen molar-refractivity contribution in [2.45, 2.75) is 28.7 Å². The molecule has 1 unspecified atom stereocenters. The maximum atomic E-state index is 14.1. The third kappa shape index (κ3) is 8.05. The van der Waals surface area contributed by atoms with E-state index < -0.39 is 11.9 Å². The Kier molecular flexibility index (Phi) is 10.1. The standard InChI is InChI=1S/C21H24ClFN2OS.C4H4O4/c22-16-2-4-20-15(12-16)13-19(18-14-17(23)3-5-21(18)27-20)25-9-7-24(8-10-25)6-1-11-26;5-3(6)1-2-4(7)8/h2-5,12,14,19,26H,1,6-11,13H2;1-2H,(H,5,6)(H,7,8). The number of benzene rings is 2. The first-order valence-electron chi connectivity index (χ1n) is 11.2. The van der Waals surface area contributed by atoms with E-state index in [-0.39, 0.29) is 18.5 Å². The summed E-state index contributed by atoms with van der Waals surface area (Å²) in [4.78, 5) is 26.3. The van der Waals surface area contributed by atoms with E-state index in [1.54, 1.807) is 23.9 Å². The molecule has 1 saturated heterocycles. The maximum Gasteiger partial charge on any atom is 0.328 e. The number of aliphatic hydroxyl groups is 1. The lowest BCUT2D eigenvalue weighted by molar-refractivity contribution is -0.134. The van der Waals surface area contributed by atoms with Crippen LogP contribution in [0.4, 0.5) is 4.39 Å². The largest absolute Gasteiger partial charge is 0.478 e. The monoisotopic (exact) mass is 522 g/mol. The van der Waals surface area contributed by atoms with E-state index in [2.05, 4.69) is 21.9 Å². The second-order valence-electron chi connectivity index (χ2n) is 8.22. The fourth-order valence-electron chi connectivity index (χ4n) is 4.18. The first-order valence-corrected chi connectivity index (χ1v) is 12.4. The number of aliphatic carboxylic acids is 2. The van der Waals surface area contributed by atoms with Crippen LogP contribution in [0, 0.1) is 5.82 Å². The highest BCUT2D eigenvalue weighted by atomic mass is 35.5. The number of aliphatic hydroxyl groups excluding tert-OH is 1. The van der Waals surface area contributed by atoms with E-state index in [4.69, 9.17) is 26.9 Å². The summed E-state index contributed by atoms with van der Waals surface area (Å²) in [6.45, 7) is 5.05. The van der Waals surface area contributed by atoms with Gasteiger partial charge in [-0.3, -0.25) is 4.90 Å². The van der Waals surface area contributed by atoms with Crippen molar-refractivity contribution in [3.05, 3.63) is 70.5 Å². The maximum absolute atomic E-state index is 14.1. The van der Waals surface area contributed by atoms with Crippen molar-refractivity contribution < 1.29 is 29.3 Å². The molecule has 0 saturated carbocycles. The Morgan fingerprint density at radius 1 is 1.03 bits per heavy atom. The molecule has 3 N–H and O–H groups in total. The molecule has 2 aliphatic heterocycles. The SMILES string of the molecule is O=C(O)C=CC(=O)O.OCCCN1CCN(C2Cc3cc(Cl)ccc3Sc3ccc(F)cc32)CC1. The van der Waals surface area contributed by atoms with E-state index in [1.807, 2.05) is 12.1 Å². The fraction of sp³-hybridized carbons (Fsp3) is 0.360. The van der Waals surface area contributed by atoms with Crippen LogP contribution in [0.3, 0.4) is 0 Å². The highest BCUT2D eigenvalue weighted by Gasteiger charge is 2.30. The molecule has 0 bridgehead atoms. The second kappa shape index (κ2) is 13.0. The van der Waals surface area contributed by atoms with Crippen molar-refractivity contribution in [3.8, 4) is 0 Å². The van der Waals surface area contributed by atoms with Crippen molar-refractivity contribution in [1.29, 1.82) is 0 Å². The van der Waals surface area contributed by atoms with Crippen LogP contribution < -0.4 is 0 Å². The topological polar surface area (TPSA) is 101 Å². The Labute approximate surface area is 212 Å². The van der Waals surface area contributed by atoms with E-state index in [1.165, 1.54) is 10.5 Å². The number of hydrogen-bond donors (Lipinski definition) is 3. The molecular weight excluding hydrogens is 495 g/mol. The van der Waals surface area contributed by atoms with Crippen LogP contribution >= 0.6 is 23.4 Å². The normalized spacial score (nSPS) is 18.2. The quantitative estimate of drug-likeness (QED) is 0.490. The minimum absolute atomic E-state index is 0.155. The van der Waals surface area contributed by atoms with Gasteiger partial charge in [0.25, 0.3) is 0 Å². The summed E-state index contributed by atoms with van der Waals surface area (Å²) >= 11 is 7.97. The molecule has 188 valence electrons. The van der Waals surface area contributed by atoms with E-state index >= 15 is 0 Å². The van der Waals surface area contributed by atoms with Gasteiger partial charge in [0.15, 0.2) is 0 Å². The molecule has 2 aromatic rings. The van der Waals surface area contributed by atoms with Gasteiger partial charge in [-0.05, 0) is 60.4 Å². The lowest BCUT2D eigenvalue weighted by atomic mass is 9.96. The van der Waals surface area contributed by atoms with E-state index in [0.29, 0.717) is 12.2 Å². The molecule has 35 heavy (non-hydrogen) atoms. The van der Waals surface area contributed by atoms with Gasteiger partial charge >= 0.3 is 11.9 Å². The number of halogens is 2. The van der Waals surface area contributed by atoms with Crippen LogP contribution in [0.2, 0.25) is 5.02 Å². The Morgan fingerprint density at radius 2 is 1.69 bits per heavy atom. The summed E-state index contributed by atoms with van der Waals surface area (Å²) in [5, 5.41) is 25.4. The summed E-state index contributed by atoms with van der Waals surface area (Å²) in [6, 6.07) is 11.4. The minimum atomic E-state index is -1.26. The molecule has 10 heteroatoms. The number of fused-ring (bicyclic) bond motifs is 2. The number of nitrogens with zero attached hydrogens (tertiary/aromatic N) is 2. The lowest BCUT2D eigenvalue weighted by Crippen LogP contribution is -2.48. The Balaban J connectivity index is 0.000000371. The number of carboxylic acid groups (broad SMARTS) is 2. The van der Waals surface area contributed by atoms with Crippen LogP contribution in [0.25, 0.3) is 0 Å². The van der Waals surface area contributed by atoms with Gasteiger partial charge in [-0.2, -0.15) is 0 Å². The summed E-state index contributed by atoms with van der Waals surface area (Å²) in [7, 11) is 0. The van der Waals surface area contributed by atoms with Crippen LogP contribution in [-0.4, -0.2) is 76.4 Å². The first-order chi connectivity index (χ1) is 16.8. The van der Waals surface area contributed by atoms with Crippen LogP contribution in [-0.2, 0) is 16.0 Å². The number of hydrogen-bond acceptors (Lipinski definition) is 6.